The van der Waals surface area contributed by atoms with Crippen LogP contribution < -0.4 is 5.32 Å². The van der Waals surface area contributed by atoms with E-state index in [-0.39, 0.29) is 11.9 Å². The lowest BCUT2D eigenvalue weighted by atomic mass is 10.1. The molecular formula is C13H20FNO2S. The second-order valence-electron chi connectivity index (χ2n) is 4.45. The molecule has 1 aromatic carbocycles. The zero-order chi connectivity index (χ0) is 13.5. The summed E-state index contributed by atoms with van der Waals surface area (Å²) >= 11 is 0. The van der Waals surface area contributed by atoms with Crippen LogP contribution in [0.3, 0.4) is 0 Å². The van der Waals surface area contributed by atoms with Crippen molar-refractivity contribution < 1.29 is 13.7 Å². The molecule has 0 bridgehead atoms. The minimum Gasteiger partial charge on any atom is -0.387 e. The largest absolute Gasteiger partial charge is 0.387 e. The van der Waals surface area contributed by atoms with Gasteiger partial charge in [-0.3, -0.25) is 4.21 Å². The quantitative estimate of drug-likeness (QED) is 0.793. The maximum absolute atomic E-state index is 13.0. The Bertz CT molecular complexity index is 400. The van der Waals surface area contributed by atoms with Crippen molar-refractivity contribution in [3.8, 4) is 0 Å². The SMILES string of the molecule is CC(CCS(C)=O)NCC(O)c1cccc(F)c1. The predicted molar refractivity (Wildman–Crippen MR) is 72.4 cm³/mol. The molecule has 0 spiro atoms. The summed E-state index contributed by atoms with van der Waals surface area (Å²) in [6.45, 7) is 2.34. The fourth-order valence-corrected chi connectivity index (χ4v) is 2.27. The van der Waals surface area contributed by atoms with Crippen molar-refractivity contribution in [1.29, 1.82) is 0 Å². The topological polar surface area (TPSA) is 49.3 Å². The highest BCUT2D eigenvalue weighted by Gasteiger charge is 2.10. The number of benzene rings is 1. The van der Waals surface area contributed by atoms with Crippen LogP contribution in [-0.2, 0) is 10.8 Å². The lowest BCUT2D eigenvalue weighted by Crippen LogP contribution is -2.31. The van der Waals surface area contributed by atoms with Crippen LogP contribution in [0.2, 0.25) is 0 Å². The van der Waals surface area contributed by atoms with Crippen molar-refractivity contribution in [3.05, 3.63) is 35.6 Å². The number of hydrogen-bond acceptors (Lipinski definition) is 3. The highest BCUT2D eigenvalue weighted by molar-refractivity contribution is 7.84. The zero-order valence-electron chi connectivity index (χ0n) is 10.7. The highest BCUT2D eigenvalue weighted by atomic mass is 32.2. The molecule has 0 aliphatic heterocycles. The monoisotopic (exact) mass is 273 g/mol. The third-order valence-electron chi connectivity index (χ3n) is 2.73. The Labute approximate surface area is 110 Å². The third kappa shape index (κ3) is 5.71. The van der Waals surface area contributed by atoms with Gasteiger partial charge < -0.3 is 10.4 Å². The lowest BCUT2D eigenvalue weighted by Gasteiger charge is -2.17. The Kier molecular flexibility index (Phi) is 6.46. The minimum absolute atomic E-state index is 0.178. The van der Waals surface area contributed by atoms with Crippen LogP contribution in [0.1, 0.15) is 25.0 Å². The van der Waals surface area contributed by atoms with E-state index in [9.17, 15) is 13.7 Å². The first-order valence-corrected chi connectivity index (χ1v) is 7.68. The van der Waals surface area contributed by atoms with Gasteiger partial charge in [0, 0.05) is 35.4 Å². The van der Waals surface area contributed by atoms with Gasteiger partial charge in [-0.2, -0.15) is 0 Å². The Morgan fingerprint density at radius 2 is 2.22 bits per heavy atom. The molecule has 0 fully saturated rings. The lowest BCUT2D eigenvalue weighted by molar-refractivity contribution is 0.170. The van der Waals surface area contributed by atoms with Crippen molar-refractivity contribution in [1.82, 2.24) is 5.32 Å². The van der Waals surface area contributed by atoms with Crippen LogP contribution in [0.5, 0.6) is 0 Å². The molecule has 0 aliphatic rings. The standard InChI is InChI=1S/C13H20FNO2S/c1-10(6-7-18(2)17)15-9-13(16)11-4-3-5-12(14)8-11/h3-5,8,10,13,15-16H,6-7,9H2,1-2H3. The molecule has 3 unspecified atom stereocenters. The summed E-state index contributed by atoms with van der Waals surface area (Å²) in [6, 6.07) is 6.14. The van der Waals surface area contributed by atoms with E-state index in [4.69, 9.17) is 0 Å². The summed E-state index contributed by atoms with van der Waals surface area (Å²) in [5, 5.41) is 13.0. The first kappa shape index (κ1) is 15.3. The molecule has 3 nitrogen and oxygen atoms in total. The molecule has 0 radical (unpaired) electrons. The van der Waals surface area contributed by atoms with Crippen molar-refractivity contribution in [3.63, 3.8) is 0 Å². The molecule has 1 aromatic rings. The number of halogens is 1. The molecule has 102 valence electrons. The Hall–Kier alpha value is -0.780. The maximum atomic E-state index is 13.0. The fraction of sp³-hybridized carbons (Fsp3) is 0.538. The Morgan fingerprint density at radius 1 is 1.50 bits per heavy atom. The van der Waals surface area contributed by atoms with Crippen molar-refractivity contribution >= 4 is 10.8 Å². The van der Waals surface area contributed by atoms with E-state index >= 15 is 0 Å². The second-order valence-corrected chi connectivity index (χ2v) is 6.00. The van der Waals surface area contributed by atoms with Crippen LogP contribution in [0, 0.1) is 5.82 Å². The summed E-state index contributed by atoms with van der Waals surface area (Å²) < 4.78 is 23.9. The summed E-state index contributed by atoms with van der Waals surface area (Å²) in [7, 11) is -0.792. The molecular weight excluding hydrogens is 253 g/mol. The molecule has 18 heavy (non-hydrogen) atoms. The number of hydrogen-bond donors (Lipinski definition) is 2. The maximum Gasteiger partial charge on any atom is 0.123 e. The number of rotatable bonds is 7. The number of nitrogens with one attached hydrogen (secondary N) is 1. The van der Waals surface area contributed by atoms with Crippen molar-refractivity contribution in [2.24, 2.45) is 0 Å². The molecule has 0 aliphatic carbocycles. The minimum atomic E-state index is -0.792. The first-order valence-electron chi connectivity index (χ1n) is 5.96. The van der Waals surface area contributed by atoms with Gasteiger partial charge in [0.15, 0.2) is 0 Å². The Balaban J connectivity index is 2.36. The molecule has 0 saturated carbocycles. The predicted octanol–water partition coefficient (Wildman–Crippen LogP) is 1.61. The molecule has 0 heterocycles. The van der Waals surface area contributed by atoms with Crippen LogP contribution in [-0.4, -0.2) is 33.9 Å². The Morgan fingerprint density at radius 3 is 2.83 bits per heavy atom. The average molecular weight is 273 g/mol. The van der Waals surface area contributed by atoms with E-state index in [1.165, 1.54) is 12.1 Å². The van der Waals surface area contributed by atoms with Crippen LogP contribution in [0.25, 0.3) is 0 Å². The smallest absolute Gasteiger partial charge is 0.123 e. The van der Waals surface area contributed by atoms with E-state index < -0.39 is 16.9 Å². The van der Waals surface area contributed by atoms with E-state index in [1.54, 1.807) is 18.4 Å². The average Bonchev–Trinajstić information content (AvgIpc) is 2.33. The normalized spacial score (nSPS) is 16.2. The molecule has 3 atom stereocenters. The van der Waals surface area contributed by atoms with Crippen LogP contribution in [0.4, 0.5) is 4.39 Å². The molecule has 0 saturated heterocycles. The van der Waals surface area contributed by atoms with Gasteiger partial charge in [0.25, 0.3) is 0 Å². The van der Waals surface area contributed by atoms with Gasteiger partial charge in [-0.25, -0.2) is 4.39 Å². The van der Waals surface area contributed by atoms with Crippen molar-refractivity contribution in [2.75, 3.05) is 18.6 Å². The van der Waals surface area contributed by atoms with E-state index in [2.05, 4.69) is 5.32 Å². The third-order valence-corrected chi connectivity index (χ3v) is 3.54. The molecule has 2 N–H and O–H groups in total. The molecule has 0 aromatic heterocycles. The van der Waals surface area contributed by atoms with Gasteiger partial charge in [0.1, 0.15) is 5.82 Å². The molecule has 1 rings (SSSR count). The number of aliphatic hydroxyl groups is 1. The fourth-order valence-electron chi connectivity index (χ4n) is 1.59. The van der Waals surface area contributed by atoms with Crippen molar-refractivity contribution in [2.45, 2.75) is 25.5 Å². The van der Waals surface area contributed by atoms with Gasteiger partial charge in [-0.05, 0) is 31.0 Å². The molecule has 0 amide bonds. The van der Waals surface area contributed by atoms with E-state index in [0.29, 0.717) is 17.9 Å². The van der Waals surface area contributed by atoms with Gasteiger partial charge in [-0.15, -0.1) is 0 Å². The summed E-state index contributed by atoms with van der Waals surface area (Å²) in [5.74, 6) is 0.297. The first-order chi connectivity index (χ1) is 8.49. The second kappa shape index (κ2) is 7.61. The highest BCUT2D eigenvalue weighted by Crippen LogP contribution is 2.13. The molecule has 5 heteroatoms. The van der Waals surface area contributed by atoms with Crippen LogP contribution in [0.15, 0.2) is 24.3 Å². The summed E-state index contributed by atoms with van der Waals surface area (Å²) in [6.07, 6.45) is 1.74. The number of aliphatic hydroxyl groups excluding tert-OH is 1. The van der Waals surface area contributed by atoms with Crippen LogP contribution >= 0.6 is 0 Å². The van der Waals surface area contributed by atoms with E-state index in [0.717, 1.165) is 6.42 Å². The van der Waals surface area contributed by atoms with Gasteiger partial charge >= 0.3 is 0 Å². The van der Waals surface area contributed by atoms with Gasteiger partial charge in [0.05, 0.1) is 6.10 Å². The summed E-state index contributed by atoms with van der Waals surface area (Å²) in [4.78, 5) is 0. The van der Waals surface area contributed by atoms with Gasteiger partial charge in [0.2, 0.25) is 0 Å². The van der Waals surface area contributed by atoms with Gasteiger partial charge in [-0.1, -0.05) is 12.1 Å². The zero-order valence-corrected chi connectivity index (χ0v) is 11.5. The van der Waals surface area contributed by atoms with E-state index in [1.807, 2.05) is 6.92 Å². The summed E-state index contributed by atoms with van der Waals surface area (Å²) in [5.41, 5.74) is 0.564.